The fraction of sp³-hybridized carbons (Fsp3) is 0.222. The first kappa shape index (κ1) is 10.3. The molecule has 5 heteroatoms. The highest BCUT2D eigenvalue weighted by molar-refractivity contribution is 5.73. The predicted molar refractivity (Wildman–Crippen MR) is 49.1 cm³/mol. The van der Waals surface area contributed by atoms with Crippen LogP contribution in [0.1, 0.15) is 0 Å². The molecule has 0 unspecified atom stereocenters. The summed E-state index contributed by atoms with van der Waals surface area (Å²) in [5.41, 5.74) is 0.117. The Balaban J connectivity index is 2.78. The van der Waals surface area contributed by atoms with E-state index < -0.39 is 11.8 Å². The molecular formula is C9H10FNO3. The molecular weight excluding hydrogens is 189 g/mol. The minimum absolute atomic E-state index is 0.117. The number of anilines is 1. The van der Waals surface area contributed by atoms with Crippen LogP contribution in [-0.4, -0.2) is 24.7 Å². The van der Waals surface area contributed by atoms with Gasteiger partial charge in [0.2, 0.25) is 0 Å². The summed E-state index contributed by atoms with van der Waals surface area (Å²) in [5, 5.41) is 10.8. The first-order valence-electron chi connectivity index (χ1n) is 3.92. The highest BCUT2D eigenvalue weighted by atomic mass is 19.1. The van der Waals surface area contributed by atoms with Gasteiger partial charge in [0.05, 0.1) is 12.8 Å². The van der Waals surface area contributed by atoms with Crippen molar-refractivity contribution in [3.63, 3.8) is 0 Å². The van der Waals surface area contributed by atoms with E-state index in [-0.39, 0.29) is 12.2 Å². The topological polar surface area (TPSA) is 58.6 Å². The predicted octanol–water partition coefficient (Wildman–Crippen LogP) is 1.33. The number of carbonyl (C=O) groups is 1. The van der Waals surface area contributed by atoms with Crippen LogP contribution in [0.2, 0.25) is 0 Å². The van der Waals surface area contributed by atoms with Gasteiger partial charge in [-0.3, -0.25) is 4.79 Å². The van der Waals surface area contributed by atoms with Gasteiger partial charge in [-0.15, -0.1) is 0 Å². The van der Waals surface area contributed by atoms with E-state index in [9.17, 15) is 9.18 Å². The molecule has 4 nitrogen and oxygen atoms in total. The maximum Gasteiger partial charge on any atom is 0.322 e. The van der Waals surface area contributed by atoms with Crippen LogP contribution >= 0.6 is 0 Å². The second-order valence-corrected chi connectivity index (χ2v) is 2.59. The van der Waals surface area contributed by atoms with Crippen LogP contribution in [0.3, 0.4) is 0 Å². The van der Waals surface area contributed by atoms with Crippen molar-refractivity contribution in [2.45, 2.75) is 0 Å². The molecule has 0 aliphatic heterocycles. The molecule has 0 saturated carbocycles. The molecule has 0 aliphatic rings. The number of hydrogen-bond acceptors (Lipinski definition) is 3. The first-order chi connectivity index (χ1) is 6.63. The van der Waals surface area contributed by atoms with E-state index in [1.807, 2.05) is 0 Å². The Labute approximate surface area is 80.3 Å². The van der Waals surface area contributed by atoms with Crippen molar-refractivity contribution in [1.29, 1.82) is 0 Å². The summed E-state index contributed by atoms with van der Waals surface area (Å²) in [6.07, 6.45) is 0. The zero-order valence-corrected chi connectivity index (χ0v) is 7.58. The first-order valence-corrected chi connectivity index (χ1v) is 3.92. The summed E-state index contributed by atoms with van der Waals surface area (Å²) in [4.78, 5) is 10.2. The van der Waals surface area contributed by atoms with Crippen LogP contribution in [0, 0.1) is 5.82 Å². The molecule has 0 aliphatic carbocycles. The Morgan fingerprint density at radius 3 is 2.93 bits per heavy atom. The number of nitrogens with one attached hydrogen (secondary N) is 1. The van der Waals surface area contributed by atoms with Gasteiger partial charge in [0.1, 0.15) is 18.1 Å². The number of carboxylic acids is 1. The molecule has 0 radical (unpaired) electrons. The van der Waals surface area contributed by atoms with Crippen molar-refractivity contribution >= 4 is 11.7 Å². The van der Waals surface area contributed by atoms with Crippen LogP contribution < -0.4 is 10.1 Å². The van der Waals surface area contributed by atoms with E-state index in [2.05, 4.69) is 5.32 Å². The van der Waals surface area contributed by atoms with Gasteiger partial charge in [0.25, 0.3) is 0 Å². The molecule has 0 atom stereocenters. The third-order valence-electron chi connectivity index (χ3n) is 1.60. The number of aliphatic carboxylic acids is 1. The Morgan fingerprint density at radius 1 is 1.64 bits per heavy atom. The van der Waals surface area contributed by atoms with Crippen LogP contribution in [0.25, 0.3) is 0 Å². The maximum absolute atomic E-state index is 13.0. The van der Waals surface area contributed by atoms with Crippen molar-refractivity contribution in [2.75, 3.05) is 19.0 Å². The summed E-state index contributed by atoms with van der Waals surface area (Å²) < 4.78 is 17.9. The molecule has 14 heavy (non-hydrogen) atoms. The zero-order valence-electron chi connectivity index (χ0n) is 7.58. The largest absolute Gasteiger partial charge is 0.497 e. The monoisotopic (exact) mass is 199 g/mol. The number of ether oxygens (including phenoxy) is 1. The lowest BCUT2D eigenvalue weighted by molar-refractivity contribution is -0.134. The van der Waals surface area contributed by atoms with Gasteiger partial charge in [-0.05, 0) is 12.1 Å². The van der Waals surface area contributed by atoms with Gasteiger partial charge < -0.3 is 15.2 Å². The lowest BCUT2D eigenvalue weighted by Crippen LogP contribution is -2.13. The molecule has 0 heterocycles. The lowest BCUT2D eigenvalue weighted by Gasteiger charge is -2.06. The Bertz CT molecular complexity index is 341. The average molecular weight is 199 g/mol. The van der Waals surface area contributed by atoms with Gasteiger partial charge >= 0.3 is 5.97 Å². The van der Waals surface area contributed by atoms with E-state index in [1.54, 1.807) is 0 Å². The average Bonchev–Trinajstić information content (AvgIpc) is 2.16. The van der Waals surface area contributed by atoms with Crippen LogP contribution in [0.15, 0.2) is 18.2 Å². The molecule has 0 spiro atoms. The fourth-order valence-electron chi connectivity index (χ4n) is 0.938. The molecule has 1 aromatic rings. The van der Waals surface area contributed by atoms with Gasteiger partial charge in [0.15, 0.2) is 0 Å². The van der Waals surface area contributed by atoms with Crippen LogP contribution in [0.5, 0.6) is 5.75 Å². The summed E-state index contributed by atoms with van der Waals surface area (Å²) in [6, 6.07) is 4.07. The Hall–Kier alpha value is -1.78. The summed E-state index contributed by atoms with van der Waals surface area (Å²) in [6.45, 7) is -0.329. The number of rotatable bonds is 4. The van der Waals surface area contributed by atoms with E-state index >= 15 is 0 Å². The third-order valence-corrected chi connectivity index (χ3v) is 1.60. The zero-order chi connectivity index (χ0) is 10.6. The SMILES string of the molecule is COc1ccc(F)c(NCC(=O)O)c1. The van der Waals surface area contributed by atoms with Crippen LogP contribution in [0.4, 0.5) is 10.1 Å². The number of carboxylic acid groups (broad SMARTS) is 1. The van der Waals surface area contributed by atoms with E-state index in [1.165, 1.54) is 25.3 Å². The summed E-state index contributed by atoms with van der Waals surface area (Å²) in [7, 11) is 1.45. The van der Waals surface area contributed by atoms with Crippen molar-refractivity contribution in [3.05, 3.63) is 24.0 Å². The van der Waals surface area contributed by atoms with E-state index in [0.29, 0.717) is 5.75 Å². The Morgan fingerprint density at radius 2 is 2.36 bits per heavy atom. The third kappa shape index (κ3) is 2.62. The number of hydrogen-bond donors (Lipinski definition) is 2. The fourth-order valence-corrected chi connectivity index (χ4v) is 0.938. The van der Waals surface area contributed by atoms with Crippen molar-refractivity contribution < 1.29 is 19.0 Å². The van der Waals surface area contributed by atoms with Crippen molar-refractivity contribution in [1.82, 2.24) is 0 Å². The standard InChI is InChI=1S/C9H10FNO3/c1-14-6-2-3-7(10)8(4-6)11-5-9(12)13/h2-4,11H,5H2,1H3,(H,12,13). The minimum Gasteiger partial charge on any atom is -0.497 e. The second kappa shape index (κ2) is 4.45. The molecule has 0 amide bonds. The normalized spacial score (nSPS) is 9.57. The van der Waals surface area contributed by atoms with Crippen molar-refractivity contribution in [2.24, 2.45) is 0 Å². The van der Waals surface area contributed by atoms with Crippen molar-refractivity contribution in [3.8, 4) is 5.75 Å². The molecule has 0 fully saturated rings. The highest BCUT2D eigenvalue weighted by Crippen LogP contribution is 2.20. The number of benzene rings is 1. The molecule has 76 valence electrons. The summed E-state index contributed by atoms with van der Waals surface area (Å²) >= 11 is 0. The smallest absolute Gasteiger partial charge is 0.322 e. The van der Waals surface area contributed by atoms with Crippen LogP contribution in [-0.2, 0) is 4.79 Å². The number of halogens is 1. The second-order valence-electron chi connectivity index (χ2n) is 2.59. The molecule has 0 saturated heterocycles. The van der Waals surface area contributed by atoms with Gasteiger partial charge in [0, 0.05) is 6.07 Å². The summed E-state index contributed by atoms with van der Waals surface area (Å²) in [5.74, 6) is -1.08. The molecule has 0 aromatic heterocycles. The van der Waals surface area contributed by atoms with E-state index in [0.717, 1.165) is 0 Å². The van der Waals surface area contributed by atoms with Gasteiger partial charge in [-0.2, -0.15) is 0 Å². The van der Waals surface area contributed by atoms with Gasteiger partial charge in [-0.1, -0.05) is 0 Å². The quantitative estimate of drug-likeness (QED) is 0.768. The lowest BCUT2D eigenvalue weighted by atomic mass is 10.3. The Kier molecular flexibility index (Phi) is 3.28. The molecule has 1 aromatic carbocycles. The number of methoxy groups -OCH3 is 1. The molecule has 0 bridgehead atoms. The minimum atomic E-state index is -1.05. The highest BCUT2D eigenvalue weighted by Gasteiger charge is 2.04. The maximum atomic E-state index is 13.0. The molecule has 2 N–H and O–H groups in total. The van der Waals surface area contributed by atoms with Gasteiger partial charge in [-0.25, -0.2) is 4.39 Å². The molecule has 1 rings (SSSR count). The van der Waals surface area contributed by atoms with E-state index in [4.69, 9.17) is 9.84 Å².